The van der Waals surface area contributed by atoms with Crippen LogP contribution in [-0.4, -0.2) is 10.1 Å². The van der Waals surface area contributed by atoms with Gasteiger partial charge in [0.25, 0.3) is 0 Å². The number of benzene rings is 1. The van der Waals surface area contributed by atoms with E-state index in [1.807, 2.05) is 0 Å². The SMILES string of the molecule is C[C@@H](O)c1cc(F)ccc1Oc1cccnc1. The van der Waals surface area contributed by atoms with Crippen LogP contribution in [0.2, 0.25) is 0 Å². The molecule has 0 aliphatic rings. The molecule has 0 amide bonds. The fraction of sp³-hybridized carbons (Fsp3) is 0.154. The molecular formula is C13H12FNO2. The molecule has 0 fully saturated rings. The van der Waals surface area contributed by atoms with Gasteiger partial charge in [-0.3, -0.25) is 4.98 Å². The second-order valence-electron chi connectivity index (χ2n) is 3.65. The number of hydrogen-bond acceptors (Lipinski definition) is 3. The van der Waals surface area contributed by atoms with Gasteiger partial charge in [0, 0.05) is 11.8 Å². The lowest BCUT2D eigenvalue weighted by atomic mass is 10.1. The van der Waals surface area contributed by atoms with Crippen LogP contribution in [0.5, 0.6) is 11.5 Å². The van der Waals surface area contributed by atoms with E-state index in [-0.39, 0.29) is 0 Å². The van der Waals surface area contributed by atoms with Gasteiger partial charge >= 0.3 is 0 Å². The summed E-state index contributed by atoms with van der Waals surface area (Å²) in [6.45, 7) is 1.56. The maximum atomic E-state index is 13.1. The summed E-state index contributed by atoms with van der Waals surface area (Å²) in [5.74, 6) is 0.565. The fourth-order valence-electron chi connectivity index (χ4n) is 1.47. The van der Waals surface area contributed by atoms with E-state index in [9.17, 15) is 9.50 Å². The summed E-state index contributed by atoms with van der Waals surface area (Å²) < 4.78 is 18.6. The normalized spacial score (nSPS) is 12.2. The van der Waals surface area contributed by atoms with E-state index >= 15 is 0 Å². The molecule has 0 spiro atoms. The second kappa shape index (κ2) is 4.93. The van der Waals surface area contributed by atoms with Crippen molar-refractivity contribution in [2.45, 2.75) is 13.0 Å². The standard InChI is InChI=1S/C13H12FNO2/c1-9(16)12-7-10(14)4-5-13(12)17-11-3-2-6-15-8-11/h2-9,16H,1H3/t9-/m1/s1. The van der Waals surface area contributed by atoms with Gasteiger partial charge in [-0.15, -0.1) is 0 Å². The molecule has 17 heavy (non-hydrogen) atoms. The Bertz CT molecular complexity index is 500. The molecule has 0 saturated carbocycles. The molecule has 2 aromatic rings. The summed E-state index contributed by atoms with van der Waals surface area (Å²) in [4.78, 5) is 3.91. The number of rotatable bonds is 3. The predicted molar refractivity (Wildman–Crippen MR) is 61.3 cm³/mol. The number of nitrogens with zero attached hydrogens (tertiary/aromatic N) is 1. The maximum Gasteiger partial charge on any atom is 0.145 e. The van der Waals surface area contributed by atoms with Crippen LogP contribution in [0.1, 0.15) is 18.6 Å². The molecule has 3 nitrogen and oxygen atoms in total. The number of aliphatic hydroxyl groups excluding tert-OH is 1. The van der Waals surface area contributed by atoms with Gasteiger partial charge in [-0.2, -0.15) is 0 Å². The van der Waals surface area contributed by atoms with Gasteiger partial charge in [0.1, 0.15) is 17.3 Å². The molecule has 2 rings (SSSR count). The van der Waals surface area contributed by atoms with Crippen molar-refractivity contribution >= 4 is 0 Å². The number of pyridine rings is 1. The molecule has 1 N–H and O–H groups in total. The molecular weight excluding hydrogens is 221 g/mol. The lowest BCUT2D eigenvalue weighted by Crippen LogP contribution is -1.97. The topological polar surface area (TPSA) is 42.4 Å². The van der Waals surface area contributed by atoms with Crippen LogP contribution < -0.4 is 4.74 Å². The molecule has 1 aromatic carbocycles. The van der Waals surface area contributed by atoms with Gasteiger partial charge in [-0.25, -0.2) is 4.39 Å². The highest BCUT2D eigenvalue weighted by molar-refractivity contribution is 5.38. The number of aromatic nitrogens is 1. The van der Waals surface area contributed by atoms with E-state index in [1.54, 1.807) is 31.5 Å². The van der Waals surface area contributed by atoms with Crippen molar-refractivity contribution in [2.75, 3.05) is 0 Å². The maximum absolute atomic E-state index is 13.1. The molecule has 0 aliphatic carbocycles. The van der Waals surface area contributed by atoms with Gasteiger partial charge in [-0.05, 0) is 37.3 Å². The van der Waals surface area contributed by atoms with Gasteiger partial charge in [0.05, 0.1) is 12.3 Å². The average molecular weight is 233 g/mol. The Morgan fingerprint density at radius 3 is 2.82 bits per heavy atom. The molecule has 88 valence electrons. The van der Waals surface area contributed by atoms with Crippen molar-refractivity contribution in [1.29, 1.82) is 0 Å². The van der Waals surface area contributed by atoms with Crippen LogP contribution in [0, 0.1) is 5.82 Å². The van der Waals surface area contributed by atoms with Crippen molar-refractivity contribution in [1.82, 2.24) is 4.98 Å². The first-order valence-corrected chi connectivity index (χ1v) is 5.22. The van der Waals surface area contributed by atoms with Crippen molar-refractivity contribution in [3.05, 3.63) is 54.1 Å². The van der Waals surface area contributed by atoms with Gasteiger partial charge < -0.3 is 9.84 Å². The van der Waals surface area contributed by atoms with Crippen LogP contribution in [0.3, 0.4) is 0 Å². The smallest absolute Gasteiger partial charge is 0.145 e. The van der Waals surface area contributed by atoms with E-state index in [0.29, 0.717) is 17.1 Å². The zero-order valence-corrected chi connectivity index (χ0v) is 9.30. The Kier molecular flexibility index (Phi) is 3.35. The summed E-state index contributed by atoms with van der Waals surface area (Å²) in [6.07, 6.45) is 2.39. The van der Waals surface area contributed by atoms with E-state index in [2.05, 4.69) is 4.98 Å². The van der Waals surface area contributed by atoms with Crippen LogP contribution in [-0.2, 0) is 0 Å². The predicted octanol–water partition coefficient (Wildman–Crippen LogP) is 3.07. The van der Waals surface area contributed by atoms with Crippen molar-refractivity contribution in [2.24, 2.45) is 0 Å². The monoisotopic (exact) mass is 233 g/mol. The second-order valence-corrected chi connectivity index (χ2v) is 3.65. The van der Waals surface area contributed by atoms with Crippen LogP contribution in [0.25, 0.3) is 0 Å². The molecule has 0 bridgehead atoms. The van der Waals surface area contributed by atoms with Crippen molar-refractivity contribution in [3.8, 4) is 11.5 Å². The summed E-state index contributed by atoms with van der Waals surface area (Å²) in [5, 5.41) is 9.54. The van der Waals surface area contributed by atoms with Crippen LogP contribution in [0.15, 0.2) is 42.7 Å². The minimum Gasteiger partial charge on any atom is -0.455 e. The molecule has 0 unspecified atom stereocenters. The van der Waals surface area contributed by atoms with Gasteiger partial charge in [0.15, 0.2) is 0 Å². The Labute approximate surface area is 98.5 Å². The zero-order chi connectivity index (χ0) is 12.3. The molecule has 0 aliphatic heterocycles. The third-order valence-corrected chi connectivity index (χ3v) is 2.28. The van der Waals surface area contributed by atoms with E-state index in [1.165, 1.54) is 18.2 Å². The highest BCUT2D eigenvalue weighted by Crippen LogP contribution is 2.29. The summed E-state index contributed by atoms with van der Waals surface area (Å²) in [5.41, 5.74) is 0.411. The third kappa shape index (κ3) is 2.79. The average Bonchev–Trinajstić information content (AvgIpc) is 2.32. The first kappa shape index (κ1) is 11.5. The van der Waals surface area contributed by atoms with E-state index in [0.717, 1.165) is 0 Å². The molecule has 0 saturated heterocycles. The fourth-order valence-corrected chi connectivity index (χ4v) is 1.47. The summed E-state index contributed by atoms with van der Waals surface area (Å²) >= 11 is 0. The van der Waals surface area contributed by atoms with Crippen molar-refractivity contribution < 1.29 is 14.2 Å². The molecule has 1 atom stereocenters. The van der Waals surface area contributed by atoms with Crippen LogP contribution >= 0.6 is 0 Å². The highest BCUT2D eigenvalue weighted by Gasteiger charge is 2.11. The van der Waals surface area contributed by atoms with Gasteiger partial charge in [-0.1, -0.05) is 0 Å². The minimum atomic E-state index is -0.794. The minimum absolute atomic E-state index is 0.403. The Morgan fingerprint density at radius 1 is 1.35 bits per heavy atom. The molecule has 1 heterocycles. The number of halogens is 1. The summed E-state index contributed by atoms with van der Waals surface area (Å²) in [7, 11) is 0. The molecule has 1 aromatic heterocycles. The Hall–Kier alpha value is -1.94. The Balaban J connectivity index is 2.33. The quantitative estimate of drug-likeness (QED) is 0.885. The van der Waals surface area contributed by atoms with Crippen LogP contribution in [0.4, 0.5) is 4.39 Å². The largest absolute Gasteiger partial charge is 0.455 e. The zero-order valence-electron chi connectivity index (χ0n) is 9.30. The van der Waals surface area contributed by atoms with Gasteiger partial charge in [0.2, 0.25) is 0 Å². The third-order valence-electron chi connectivity index (χ3n) is 2.28. The lowest BCUT2D eigenvalue weighted by molar-refractivity contribution is 0.195. The number of ether oxygens (including phenoxy) is 1. The molecule has 4 heteroatoms. The number of aliphatic hydroxyl groups is 1. The first-order chi connectivity index (χ1) is 8.16. The highest BCUT2D eigenvalue weighted by atomic mass is 19.1. The number of hydrogen-bond donors (Lipinski definition) is 1. The Morgan fingerprint density at radius 2 is 2.18 bits per heavy atom. The first-order valence-electron chi connectivity index (χ1n) is 5.22. The molecule has 0 radical (unpaired) electrons. The summed E-state index contributed by atoms with van der Waals surface area (Å²) in [6, 6.07) is 7.52. The van der Waals surface area contributed by atoms with E-state index in [4.69, 9.17) is 4.74 Å². The van der Waals surface area contributed by atoms with Crippen molar-refractivity contribution in [3.63, 3.8) is 0 Å². The lowest BCUT2D eigenvalue weighted by Gasteiger charge is -2.12. The van der Waals surface area contributed by atoms with E-state index < -0.39 is 11.9 Å².